The van der Waals surface area contributed by atoms with Gasteiger partial charge in [0.2, 0.25) is 17.4 Å². The smallest absolute Gasteiger partial charge is 0.231 e. The van der Waals surface area contributed by atoms with Crippen LogP contribution in [-0.2, 0) is 34.6 Å². The first-order chi connectivity index (χ1) is 19.1. The van der Waals surface area contributed by atoms with Crippen LogP contribution in [0.3, 0.4) is 0 Å². The first kappa shape index (κ1) is 28.6. The largest absolute Gasteiger partial charge is 0.347 e. The Kier molecular flexibility index (Phi) is 10.00. The average Bonchev–Trinajstić information content (AvgIpc) is 3.72. The van der Waals surface area contributed by atoms with Crippen molar-refractivity contribution in [2.45, 2.75) is 90.9 Å². The summed E-state index contributed by atoms with van der Waals surface area (Å²) in [6.45, 7) is 7.13. The molecule has 3 aromatic heterocycles. The van der Waals surface area contributed by atoms with Gasteiger partial charge in [0.1, 0.15) is 5.82 Å². The Morgan fingerprint density at radius 2 is 1.67 bits per heavy atom. The summed E-state index contributed by atoms with van der Waals surface area (Å²) in [7, 11) is 3.31. The standard InChI is InChI=1S/C29H42N8O2/c1-6-9-11-12-23-18-20-36(26(23)27-31-34-35-32-27)24-16-14-22(15-17-24)21-37-25(13-10-7-2)30-28(33-37)29(38-4,39-5)19-8-3/h14-18,20H,6-13,19,21H2,1-5H3,(H,31,32,34,35). The van der Waals surface area contributed by atoms with Crippen molar-refractivity contribution in [3.05, 3.63) is 59.3 Å². The molecule has 0 saturated heterocycles. The Morgan fingerprint density at radius 3 is 2.31 bits per heavy atom. The van der Waals surface area contributed by atoms with E-state index in [1.165, 1.54) is 18.4 Å². The molecule has 10 heteroatoms. The molecule has 0 aliphatic rings. The van der Waals surface area contributed by atoms with Crippen molar-refractivity contribution in [1.82, 2.24) is 40.0 Å². The highest BCUT2D eigenvalue weighted by atomic mass is 16.7. The van der Waals surface area contributed by atoms with Crippen LogP contribution in [0.5, 0.6) is 0 Å². The maximum atomic E-state index is 5.80. The quantitative estimate of drug-likeness (QED) is 0.147. The third-order valence-corrected chi connectivity index (χ3v) is 7.21. The molecule has 0 saturated carbocycles. The van der Waals surface area contributed by atoms with Crippen LogP contribution < -0.4 is 0 Å². The van der Waals surface area contributed by atoms with Gasteiger partial charge >= 0.3 is 0 Å². The molecule has 0 spiro atoms. The first-order valence-corrected chi connectivity index (χ1v) is 14.2. The lowest BCUT2D eigenvalue weighted by atomic mass is 10.1. The molecule has 39 heavy (non-hydrogen) atoms. The maximum Gasteiger partial charge on any atom is 0.231 e. The van der Waals surface area contributed by atoms with Crippen molar-refractivity contribution in [3.8, 4) is 17.2 Å². The van der Waals surface area contributed by atoms with E-state index in [0.29, 0.717) is 24.6 Å². The topological polar surface area (TPSA) is 109 Å². The zero-order valence-corrected chi connectivity index (χ0v) is 24.0. The summed E-state index contributed by atoms with van der Waals surface area (Å²) in [6.07, 6.45) is 11.2. The maximum absolute atomic E-state index is 5.80. The van der Waals surface area contributed by atoms with E-state index in [4.69, 9.17) is 19.6 Å². The predicted octanol–water partition coefficient (Wildman–Crippen LogP) is 5.62. The fraction of sp³-hybridized carbons (Fsp3) is 0.552. The molecule has 0 amide bonds. The first-order valence-electron chi connectivity index (χ1n) is 14.2. The minimum atomic E-state index is -0.931. The molecule has 0 aliphatic carbocycles. The van der Waals surface area contributed by atoms with E-state index in [9.17, 15) is 0 Å². The number of hydrogen-bond donors (Lipinski definition) is 1. The molecule has 0 radical (unpaired) electrons. The van der Waals surface area contributed by atoms with Gasteiger partial charge in [-0.1, -0.05) is 58.6 Å². The Hall–Kier alpha value is -3.37. The highest BCUT2D eigenvalue weighted by Crippen LogP contribution is 2.30. The molecule has 0 atom stereocenters. The van der Waals surface area contributed by atoms with E-state index >= 15 is 0 Å². The number of nitrogens with one attached hydrogen (secondary N) is 1. The number of methoxy groups -OCH3 is 2. The highest BCUT2D eigenvalue weighted by molar-refractivity contribution is 5.60. The van der Waals surface area contributed by atoms with E-state index in [1.807, 2.05) is 4.68 Å². The summed E-state index contributed by atoms with van der Waals surface area (Å²) < 4.78 is 15.7. The molecule has 4 rings (SSSR count). The third kappa shape index (κ3) is 6.45. The second-order valence-electron chi connectivity index (χ2n) is 9.94. The minimum Gasteiger partial charge on any atom is -0.347 e. The lowest BCUT2D eigenvalue weighted by Gasteiger charge is -2.27. The van der Waals surface area contributed by atoms with Gasteiger partial charge in [-0.2, -0.15) is 5.21 Å². The number of unbranched alkanes of at least 4 members (excludes halogenated alkanes) is 3. The van der Waals surface area contributed by atoms with Crippen LogP contribution in [-0.4, -0.2) is 54.2 Å². The van der Waals surface area contributed by atoms with Crippen LogP contribution in [0, 0.1) is 0 Å². The number of rotatable bonds is 16. The van der Waals surface area contributed by atoms with Crippen LogP contribution in [0.1, 0.15) is 88.5 Å². The van der Waals surface area contributed by atoms with E-state index in [2.05, 4.69) is 82.5 Å². The number of aromatic amines is 1. The molecule has 0 fully saturated rings. The molecule has 1 aromatic carbocycles. The molecule has 210 valence electrons. The fourth-order valence-electron chi connectivity index (χ4n) is 5.00. The average molecular weight is 535 g/mol. The van der Waals surface area contributed by atoms with Gasteiger partial charge in [-0.05, 0) is 53.8 Å². The molecule has 3 heterocycles. The van der Waals surface area contributed by atoms with Gasteiger partial charge in [-0.25, -0.2) is 9.67 Å². The number of H-pyrrole nitrogens is 1. The van der Waals surface area contributed by atoms with E-state index in [0.717, 1.165) is 61.3 Å². The van der Waals surface area contributed by atoms with Crippen molar-refractivity contribution in [2.75, 3.05) is 14.2 Å². The van der Waals surface area contributed by atoms with Crippen LogP contribution in [0.15, 0.2) is 36.5 Å². The lowest BCUT2D eigenvalue weighted by Crippen LogP contribution is -2.32. The van der Waals surface area contributed by atoms with Gasteiger partial charge in [0, 0.05) is 38.9 Å². The summed E-state index contributed by atoms with van der Waals surface area (Å²) in [4.78, 5) is 4.89. The molecular weight excluding hydrogens is 492 g/mol. The van der Waals surface area contributed by atoms with E-state index in [1.54, 1.807) is 14.2 Å². The van der Waals surface area contributed by atoms with Gasteiger partial charge in [0.05, 0.1) is 12.2 Å². The van der Waals surface area contributed by atoms with Gasteiger partial charge in [-0.15, -0.1) is 15.3 Å². The predicted molar refractivity (Wildman–Crippen MR) is 151 cm³/mol. The summed E-state index contributed by atoms with van der Waals surface area (Å²) in [5.41, 5.74) is 4.41. The molecule has 1 N–H and O–H groups in total. The SMILES string of the molecule is CCCCCc1ccn(-c2ccc(Cn3nc(C(CCC)(OC)OC)nc3CCCC)cc2)c1-c1nn[nH]n1. The lowest BCUT2D eigenvalue weighted by molar-refractivity contribution is -0.225. The van der Waals surface area contributed by atoms with Crippen molar-refractivity contribution in [1.29, 1.82) is 0 Å². The van der Waals surface area contributed by atoms with Crippen molar-refractivity contribution in [3.63, 3.8) is 0 Å². The summed E-state index contributed by atoms with van der Waals surface area (Å²) in [5, 5.41) is 19.8. The van der Waals surface area contributed by atoms with Gasteiger partial charge in [-0.3, -0.25) is 0 Å². The van der Waals surface area contributed by atoms with Gasteiger partial charge < -0.3 is 14.0 Å². The number of benzene rings is 1. The Labute approximate surface area is 231 Å². The van der Waals surface area contributed by atoms with Crippen molar-refractivity contribution < 1.29 is 9.47 Å². The molecule has 10 nitrogen and oxygen atoms in total. The number of aryl methyl sites for hydroxylation is 2. The Balaban J connectivity index is 1.61. The van der Waals surface area contributed by atoms with Crippen molar-refractivity contribution >= 4 is 0 Å². The number of aromatic nitrogens is 8. The van der Waals surface area contributed by atoms with Crippen LogP contribution in [0.25, 0.3) is 17.2 Å². The van der Waals surface area contributed by atoms with E-state index < -0.39 is 5.79 Å². The van der Waals surface area contributed by atoms with Crippen LogP contribution in [0.2, 0.25) is 0 Å². The molecule has 0 unspecified atom stereocenters. The normalized spacial score (nSPS) is 11.9. The van der Waals surface area contributed by atoms with Crippen molar-refractivity contribution in [2.24, 2.45) is 0 Å². The van der Waals surface area contributed by atoms with Gasteiger partial charge in [0.25, 0.3) is 0 Å². The second kappa shape index (κ2) is 13.6. The molecule has 0 aliphatic heterocycles. The fourth-order valence-corrected chi connectivity index (χ4v) is 5.00. The van der Waals surface area contributed by atoms with Crippen LogP contribution >= 0.6 is 0 Å². The molecule has 4 aromatic rings. The molecule has 0 bridgehead atoms. The minimum absolute atomic E-state index is 0.588. The number of nitrogens with zero attached hydrogens (tertiary/aromatic N) is 7. The van der Waals surface area contributed by atoms with Crippen LogP contribution in [0.4, 0.5) is 0 Å². The molecular formula is C29H42N8O2. The monoisotopic (exact) mass is 534 g/mol. The Morgan fingerprint density at radius 1 is 0.897 bits per heavy atom. The summed E-state index contributed by atoms with van der Waals surface area (Å²) in [6, 6.07) is 10.7. The van der Waals surface area contributed by atoms with Gasteiger partial charge in [0.15, 0.2) is 0 Å². The number of tetrazole rings is 1. The number of ether oxygens (including phenoxy) is 2. The zero-order chi connectivity index (χ0) is 27.7. The third-order valence-electron chi connectivity index (χ3n) is 7.21. The second-order valence-corrected chi connectivity index (χ2v) is 9.94. The summed E-state index contributed by atoms with van der Waals surface area (Å²) in [5.74, 6) is 1.22. The highest BCUT2D eigenvalue weighted by Gasteiger charge is 2.36. The van der Waals surface area contributed by atoms with E-state index in [-0.39, 0.29) is 0 Å². The number of hydrogen-bond acceptors (Lipinski definition) is 7. The summed E-state index contributed by atoms with van der Waals surface area (Å²) >= 11 is 0. The zero-order valence-electron chi connectivity index (χ0n) is 24.0. The Bertz CT molecular complexity index is 1270.